The fraction of sp³-hybridized carbons (Fsp3) is 1.00. The van der Waals surface area contributed by atoms with Crippen LogP contribution in [0.4, 0.5) is 0 Å². The average molecular weight is 403 g/mol. The molecule has 0 radical (unpaired) electrons. The molecule has 1 saturated carbocycles. The van der Waals surface area contributed by atoms with Gasteiger partial charge in [-0.05, 0) is 66.9 Å². The molecule has 0 aliphatic heterocycles. The number of nitrogens with one attached hydrogen (secondary N) is 1. The first kappa shape index (κ1) is 22.5. The molecule has 0 aromatic carbocycles. The van der Waals surface area contributed by atoms with Gasteiger partial charge in [0, 0.05) is 4.83 Å². The summed E-state index contributed by atoms with van der Waals surface area (Å²) in [6.07, 6.45) is 6.55. The number of hydrogen-bond acceptors (Lipinski definition) is 1. The number of rotatable bonds is 8. The Kier molecular flexibility index (Phi) is 8.80. The van der Waals surface area contributed by atoms with Crippen molar-refractivity contribution in [2.24, 2.45) is 34.5 Å². The Balaban J connectivity index is 2.84. The van der Waals surface area contributed by atoms with Crippen LogP contribution in [0.2, 0.25) is 0 Å². The number of alkyl halides is 1. The summed E-state index contributed by atoms with van der Waals surface area (Å²) in [5.41, 5.74) is 0.807. The first-order valence-corrected chi connectivity index (χ1v) is 11.4. The Morgan fingerprint density at radius 3 is 2.25 bits per heavy atom. The molecule has 0 aromatic rings. The topological polar surface area (TPSA) is 12.0 Å². The molecule has 0 saturated heterocycles. The van der Waals surface area contributed by atoms with Crippen LogP contribution in [-0.2, 0) is 0 Å². The minimum atomic E-state index is 0.403. The molecule has 1 aliphatic carbocycles. The lowest BCUT2D eigenvalue weighted by Crippen LogP contribution is -2.39. The quantitative estimate of drug-likeness (QED) is 0.344. The van der Waals surface area contributed by atoms with E-state index in [1.165, 1.54) is 45.2 Å². The van der Waals surface area contributed by atoms with Gasteiger partial charge in [-0.1, -0.05) is 84.2 Å². The van der Waals surface area contributed by atoms with Crippen molar-refractivity contribution in [3.05, 3.63) is 0 Å². The third-order valence-corrected chi connectivity index (χ3v) is 9.37. The Labute approximate surface area is 161 Å². The smallest absolute Gasteiger partial charge is 0.0228 e. The maximum Gasteiger partial charge on any atom is 0.0228 e. The van der Waals surface area contributed by atoms with Crippen molar-refractivity contribution < 1.29 is 0 Å². The van der Waals surface area contributed by atoms with Crippen LogP contribution in [0.5, 0.6) is 0 Å². The van der Waals surface area contributed by atoms with Crippen molar-refractivity contribution in [3.63, 3.8) is 0 Å². The Morgan fingerprint density at radius 1 is 1.12 bits per heavy atom. The SMILES string of the molecule is CCCC(CC)CNCC1C(C)C(Br)C(C)(CC)CC(C)(C)C1C. The highest BCUT2D eigenvalue weighted by Crippen LogP contribution is 2.54. The molecule has 1 nitrogen and oxygen atoms in total. The first-order chi connectivity index (χ1) is 11.1. The van der Waals surface area contributed by atoms with Crippen molar-refractivity contribution in [1.29, 1.82) is 0 Å². The molecule has 0 spiro atoms. The van der Waals surface area contributed by atoms with E-state index in [-0.39, 0.29) is 0 Å². The second kappa shape index (κ2) is 9.40. The van der Waals surface area contributed by atoms with E-state index < -0.39 is 0 Å². The van der Waals surface area contributed by atoms with E-state index in [0.717, 1.165) is 17.8 Å². The van der Waals surface area contributed by atoms with Crippen LogP contribution in [0.3, 0.4) is 0 Å². The summed E-state index contributed by atoms with van der Waals surface area (Å²) < 4.78 is 0. The van der Waals surface area contributed by atoms with Gasteiger partial charge in [0.15, 0.2) is 0 Å². The molecule has 1 rings (SSSR count). The Bertz CT molecular complexity index is 367. The van der Waals surface area contributed by atoms with Crippen LogP contribution in [0, 0.1) is 34.5 Å². The maximum absolute atomic E-state index is 4.14. The summed E-state index contributed by atoms with van der Waals surface area (Å²) in [5, 5.41) is 3.86. The summed E-state index contributed by atoms with van der Waals surface area (Å²) in [6.45, 7) is 21.9. The second-order valence-electron chi connectivity index (χ2n) is 9.61. The summed E-state index contributed by atoms with van der Waals surface area (Å²) in [4.78, 5) is 0.614. The van der Waals surface area contributed by atoms with E-state index >= 15 is 0 Å². The molecule has 2 heteroatoms. The van der Waals surface area contributed by atoms with Gasteiger partial charge in [0.2, 0.25) is 0 Å². The molecule has 6 atom stereocenters. The van der Waals surface area contributed by atoms with Crippen LogP contribution in [0.1, 0.15) is 87.5 Å². The molecule has 1 fully saturated rings. The van der Waals surface area contributed by atoms with Crippen LogP contribution in [0.25, 0.3) is 0 Å². The molecule has 24 heavy (non-hydrogen) atoms. The predicted molar refractivity (Wildman–Crippen MR) is 113 cm³/mol. The van der Waals surface area contributed by atoms with Crippen molar-refractivity contribution in [1.82, 2.24) is 5.32 Å². The van der Waals surface area contributed by atoms with E-state index in [4.69, 9.17) is 0 Å². The molecule has 0 bridgehead atoms. The third kappa shape index (κ3) is 5.22. The van der Waals surface area contributed by atoms with Gasteiger partial charge in [-0.3, -0.25) is 0 Å². The summed E-state index contributed by atoms with van der Waals surface area (Å²) in [6, 6.07) is 0. The average Bonchev–Trinajstić information content (AvgIpc) is 2.58. The van der Waals surface area contributed by atoms with Crippen LogP contribution < -0.4 is 5.32 Å². The lowest BCUT2D eigenvalue weighted by atomic mass is 9.67. The molecule has 0 aromatic heterocycles. The fourth-order valence-corrected chi connectivity index (χ4v) is 6.06. The van der Waals surface area contributed by atoms with Gasteiger partial charge in [0.1, 0.15) is 0 Å². The predicted octanol–water partition coefficient (Wildman–Crippen LogP) is 6.90. The normalized spacial score (nSPS) is 37.9. The third-order valence-electron chi connectivity index (χ3n) is 7.43. The standard InChI is InChI=1S/C22H44BrN/c1-9-12-18(10-2)13-24-14-19-16(4)20(23)22(8,11-3)15-21(6,7)17(19)5/h16-20,24H,9-15H2,1-8H3. The highest BCUT2D eigenvalue weighted by atomic mass is 79.9. The van der Waals surface area contributed by atoms with E-state index in [9.17, 15) is 0 Å². The monoisotopic (exact) mass is 401 g/mol. The van der Waals surface area contributed by atoms with Gasteiger partial charge in [-0.15, -0.1) is 0 Å². The van der Waals surface area contributed by atoms with Gasteiger partial charge in [0.25, 0.3) is 0 Å². The van der Waals surface area contributed by atoms with Crippen molar-refractivity contribution >= 4 is 15.9 Å². The Morgan fingerprint density at radius 2 is 1.75 bits per heavy atom. The van der Waals surface area contributed by atoms with Gasteiger partial charge in [-0.25, -0.2) is 0 Å². The molecule has 0 heterocycles. The largest absolute Gasteiger partial charge is 0.316 e. The molecule has 0 amide bonds. The van der Waals surface area contributed by atoms with Crippen LogP contribution >= 0.6 is 15.9 Å². The minimum Gasteiger partial charge on any atom is -0.316 e. The highest BCUT2D eigenvalue weighted by Gasteiger charge is 2.49. The first-order valence-electron chi connectivity index (χ1n) is 10.5. The minimum absolute atomic E-state index is 0.403. The van der Waals surface area contributed by atoms with Crippen molar-refractivity contribution in [2.75, 3.05) is 13.1 Å². The molecule has 1 aliphatic rings. The molecule has 6 unspecified atom stereocenters. The zero-order chi connectivity index (χ0) is 18.5. The van der Waals surface area contributed by atoms with E-state index in [1.807, 2.05) is 0 Å². The number of hydrogen-bond donors (Lipinski definition) is 1. The molecular formula is C22H44BrN. The van der Waals surface area contributed by atoms with Gasteiger partial charge in [-0.2, -0.15) is 0 Å². The lowest BCUT2D eigenvalue weighted by molar-refractivity contribution is 0.112. The van der Waals surface area contributed by atoms with Crippen LogP contribution in [0.15, 0.2) is 0 Å². The highest BCUT2D eigenvalue weighted by molar-refractivity contribution is 9.09. The van der Waals surface area contributed by atoms with E-state index in [1.54, 1.807) is 0 Å². The van der Waals surface area contributed by atoms with Crippen molar-refractivity contribution in [3.8, 4) is 0 Å². The van der Waals surface area contributed by atoms with Gasteiger partial charge < -0.3 is 5.32 Å². The maximum atomic E-state index is 4.14. The molecule has 144 valence electrons. The fourth-order valence-electron chi connectivity index (χ4n) is 5.18. The summed E-state index contributed by atoms with van der Waals surface area (Å²) in [5.74, 6) is 3.06. The second-order valence-corrected chi connectivity index (χ2v) is 10.6. The molecule has 1 N–H and O–H groups in total. The van der Waals surface area contributed by atoms with Crippen LogP contribution in [-0.4, -0.2) is 17.9 Å². The van der Waals surface area contributed by atoms with E-state index in [0.29, 0.717) is 21.6 Å². The van der Waals surface area contributed by atoms with Gasteiger partial charge in [0.05, 0.1) is 0 Å². The summed E-state index contributed by atoms with van der Waals surface area (Å²) >= 11 is 4.14. The van der Waals surface area contributed by atoms with E-state index in [2.05, 4.69) is 76.6 Å². The number of halogens is 1. The zero-order valence-electron chi connectivity index (χ0n) is 17.7. The zero-order valence-corrected chi connectivity index (χ0v) is 19.3. The molecular weight excluding hydrogens is 358 g/mol. The summed E-state index contributed by atoms with van der Waals surface area (Å²) in [7, 11) is 0. The van der Waals surface area contributed by atoms with Crippen molar-refractivity contribution in [2.45, 2.75) is 92.3 Å². The Hall–Kier alpha value is 0.440. The lowest BCUT2D eigenvalue weighted by Gasteiger charge is -2.40. The van der Waals surface area contributed by atoms with Gasteiger partial charge >= 0.3 is 0 Å².